The van der Waals surface area contributed by atoms with Crippen molar-refractivity contribution < 1.29 is 4.79 Å². The Bertz CT molecular complexity index is 534. The molecule has 1 aliphatic rings. The van der Waals surface area contributed by atoms with Crippen molar-refractivity contribution in [3.8, 4) is 0 Å². The van der Waals surface area contributed by atoms with E-state index in [4.69, 9.17) is 0 Å². The highest BCUT2D eigenvalue weighted by Crippen LogP contribution is 2.18. The summed E-state index contributed by atoms with van der Waals surface area (Å²) in [5.41, 5.74) is 2.05. The summed E-state index contributed by atoms with van der Waals surface area (Å²) in [6.07, 6.45) is 15.5. The number of amides is 1. The normalized spacial score (nSPS) is 14.9. The molecule has 1 aliphatic heterocycles. The van der Waals surface area contributed by atoms with Crippen LogP contribution in [0, 0.1) is 6.92 Å². The van der Waals surface area contributed by atoms with Gasteiger partial charge in [0.15, 0.2) is 0 Å². The van der Waals surface area contributed by atoms with Crippen molar-refractivity contribution in [2.75, 3.05) is 19.6 Å². The SMILES string of the molecule is CCCCCCCCCCCCN(C(=O)c1ccc(C)cc1)C1CCNCC1. The number of rotatable bonds is 13. The van der Waals surface area contributed by atoms with Gasteiger partial charge in [0.25, 0.3) is 5.91 Å². The minimum absolute atomic E-state index is 0.225. The number of carbonyl (C=O) groups excluding carboxylic acids is 1. The van der Waals surface area contributed by atoms with E-state index in [0.717, 1.165) is 44.5 Å². The molecule has 1 aromatic carbocycles. The predicted molar refractivity (Wildman–Crippen MR) is 120 cm³/mol. The first-order chi connectivity index (χ1) is 13.7. The van der Waals surface area contributed by atoms with Crippen LogP contribution in [0.4, 0.5) is 0 Å². The first-order valence-corrected chi connectivity index (χ1v) is 11.8. The lowest BCUT2D eigenvalue weighted by atomic mass is 10.0. The Morgan fingerprint density at radius 3 is 2.00 bits per heavy atom. The molecule has 0 saturated carbocycles. The van der Waals surface area contributed by atoms with Gasteiger partial charge in [-0.3, -0.25) is 4.79 Å². The highest BCUT2D eigenvalue weighted by atomic mass is 16.2. The van der Waals surface area contributed by atoms with Gasteiger partial charge in [-0.25, -0.2) is 0 Å². The first-order valence-electron chi connectivity index (χ1n) is 11.8. The number of carbonyl (C=O) groups is 1. The number of benzene rings is 1. The van der Waals surface area contributed by atoms with Crippen molar-refractivity contribution in [1.82, 2.24) is 10.2 Å². The van der Waals surface area contributed by atoms with Crippen LogP contribution in [0.3, 0.4) is 0 Å². The molecule has 0 unspecified atom stereocenters. The fraction of sp³-hybridized carbons (Fsp3) is 0.720. The second-order valence-corrected chi connectivity index (χ2v) is 8.53. The fourth-order valence-corrected chi connectivity index (χ4v) is 4.20. The van der Waals surface area contributed by atoms with E-state index in [-0.39, 0.29) is 5.91 Å². The van der Waals surface area contributed by atoms with Gasteiger partial charge in [-0.1, -0.05) is 82.4 Å². The smallest absolute Gasteiger partial charge is 0.254 e. The molecule has 0 bridgehead atoms. The molecular weight excluding hydrogens is 344 g/mol. The maximum absolute atomic E-state index is 13.2. The molecule has 3 nitrogen and oxygen atoms in total. The maximum Gasteiger partial charge on any atom is 0.254 e. The quantitative estimate of drug-likeness (QED) is 0.415. The Hall–Kier alpha value is -1.35. The Labute approximate surface area is 173 Å². The van der Waals surface area contributed by atoms with Crippen molar-refractivity contribution in [2.24, 2.45) is 0 Å². The molecule has 0 radical (unpaired) electrons. The molecule has 1 amide bonds. The summed E-state index contributed by atoms with van der Waals surface area (Å²) in [5.74, 6) is 0.225. The van der Waals surface area contributed by atoms with Gasteiger partial charge >= 0.3 is 0 Å². The number of piperidine rings is 1. The predicted octanol–water partition coefficient (Wildman–Crippen LogP) is 6.11. The van der Waals surface area contributed by atoms with Crippen LogP contribution in [-0.4, -0.2) is 36.5 Å². The fourth-order valence-electron chi connectivity index (χ4n) is 4.20. The van der Waals surface area contributed by atoms with Crippen LogP contribution < -0.4 is 5.32 Å². The third kappa shape index (κ3) is 8.34. The number of hydrogen-bond donors (Lipinski definition) is 1. The van der Waals surface area contributed by atoms with Crippen molar-refractivity contribution in [3.05, 3.63) is 35.4 Å². The number of hydrogen-bond acceptors (Lipinski definition) is 2. The van der Waals surface area contributed by atoms with E-state index < -0.39 is 0 Å². The van der Waals surface area contributed by atoms with Crippen molar-refractivity contribution in [1.29, 1.82) is 0 Å². The molecule has 1 heterocycles. The van der Waals surface area contributed by atoms with Crippen LogP contribution in [0.15, 0.2) is 24.3 Å². The summed E-state index contributed by atoms with van der Waals surface area (Å²) in [7, 11) is 0. The summed E-state index contributed by atoms with van der Waals surface area (Å²) in [6, 6.07) is 8.48. The molecule has 1 aromatic rings. The lowest BCUT2D eigenvalue weighted by Gasteiger charge is -2.35. The van der Waals surface area contributed by atoms with Crippen molar-refractivity contribution in [2.45, 2.75) is 96.9 Å². The van der Waals surface area contributed by atoms with Crippen LogP contribution in [0.25, 0.3) is 0 Å². The van der Waals surface area contributed by atoms with E-state index in [9.17, 15) is 4.79 Å². The van der Waals surface area contributed by atoms with Crippen LogP contribution in [-0.2, 0) is 0 Å². The molecule has 28 heavy (non-hydrogen) atoms. The lowest BCUT2D eigenvalue weighted by Crippen LogP contribution is -2.46. The monoisotopic (exact) mass is 386 g/mol. The van der Waals surface area contributed by atoms with E-state index >= 15 is 0 Å². The van der Waals surface area contributed by atoms with Crippen LogP contribution in [0.2, 0.25) is 0 Å². The molecule has 0 atom stereocenters. The van der Waals surface area contributed by atoms with Gasteiger partial charge in [-0.2, -0.15) is 0 Å². The second-order valence-electron chi connectivity index (χ2n) is 8.53. The first kappa shape index (κ1) is 22.9. The zero-order chi connectivity index (χ0) is 20.0. The highest BCUT2D eigenvalue weighted by Gasteiger charge is 2.25. The van der Waals surface area contributed by atoms with Gasteiger partial charge in [0.1, 0.15) is 0 Å². The summed E-state index contributed by atoms with van der Waals surface area (Å²) >= 11 is 0. The number of aryl methyl sites for hydroxylation is 1. The van der Waals surface area contributed by atoms with E-state index in [2.05, 4.69) is 24.1 Å². The van der Waals surface area contributed by atoms with Gasteiger partial charge in [0.05, 0.1) is 0 Å². The summed E-state index contributed by atoms with van der Waals surface area (Å²) in [6.45, 7) is 7.31. The van der Waals surface area contributed by atoms with E-state index in [1.54, 1.807) is 0 Å². The van der Waals surface area contributed by atoms with E-state index in [1.807, 2.05) is 24.3 Å². The average molecular weight is 387 g/mol. The lowest BCUT2D eigenvalue weighted by molar-refractivity contribution is 0.0638. The standard InChI is InChI=1S/C25H42N2O/c1-3-4-5-6-7-8-9-10-11-12-21-27(24-17-19-26-20-18-24)25(28)23-15-13-22(2)14-16-23/h13-16,24,26H,3-12,17-21H2,1-2H3. The van der Waals surface area contributed by atoms with Crippen molar-refractivity contribution >= 4 is 5.91 Å². The summed E-state index contributed by atoms with van der Waals surface area (Å²) < 4.78 is 0. The third-order valence-corrected chi connectivity index (χ3v) is 6.06. The van der Waals surface area contributed by atoms with Crippen molar-refractivity contribution in [3.63, 3.8) is 0 Å². The maximum atomic E-state index is 13.2. The molecule has 0 aliphatic carbocycles. The van der Waals surface area contributed by atoms with Crippen LogP contribution in [0.5, 0.6) is 0 Å². The number of nitrogens with one attached hydrogen (secondary N) is 1. The topological polar surface area (TPSA) is 32.3 Å². The number of unbranched alkanes of at least 4 members (excludes halogenated alkanes) is 9. The van der Waals surface area contributed by atoms with Crippen LogP contribution in [0.1, 0.15) is 99.9 Å². The molecule has 0 aromatic heterocycles. The van der Waals surface area contributed by atoms with Gasteiger partial charge in [-0.05, 0) is 51.4 Å². The molecule has 3 heteroatoms. The third-order valence-electron chi connectivity index (χ3n) is 6.06. The molecule has 1 N–H and O–H groups in total. The summed E-state index contributed by atoms with van der Waals surface area (Å²) in [5, 5.41) is 3.43. The Morgan fingerprint density at radius 2 is 1.43 bits per heavy atom. The summed E-state index contributed by atoms with van der Waals surface area (Å²) in [4.78, 5) is 15.3. The molecule has 158 valence electrons. The zero-order valence-electron chi connectivity index (χ0n) is 18.3. The molecular formula is C25H42N2O. The van der Waals surface area contributed by atoms with Gasteiger partial charge in [0, 0.05) is 18.2 Å². The average Bonchev–Trinajstić information content (AvgIpc) is 2.73. The Balaban J connectivity index is 1.74. The van der Waals surface area contributed by atoms with Gasteiger partial charge in [-0.15, -0.1) is 0 Å². The highest BCUT2D eigenvalue weighted by molar-refractivity contribution is 5.94. The largest absolute Gasteiger partial charge is 0.336 e. The minimum atomic E-state index is 0.225. The Morgan fingerprint density at radius 1 is 0.893 bits per heavy atom. The molecule has 2 rings (SSSR count). The number of nitrogens with zero attached hydrogens (tertiary/aromatic N) is 1. The van der Waals surface area contributed by atoms with Crippen LogP contribution >= 0.6 is 0 Å². The van der Waals surface area contributed by atoms with Gasteiger partial charge < -0.3 is 10.2 Å². The second kappa shape index (κ2) is 13.8. The minimum Gasteiger partial charge on any atom is -0.336 e. The molecule has 1 saturated heterocycles. The van der Waals surface area contributed by atoms with E-state index in [1.165, 1.54) is 63.4 Å². The Kier molecular flexibility index (Phi) is 11.3. The van der Waals surface area contributed by atoms with Gasteiger partial charge in [0.2, 0.25) is 0 Å². The van der Waals surface area contributed by atoms with E-state index in [0.29, 0.717) is 6.04 Å². The molecule has 0 spiro atoms. The molecule has 1 fully saturated rings. The zero-order valence-corrected chi connectivity index (χ0v) is 18.3.